The fourth-order valence-corrected chi connectivity index (χ4v) is 2.34. The summed E-state index contributed by atoms with van der Waals surface area (Å²) in [4.78, 5) is 0. The minimum Gasteiger partial charge on any atom is -0.199 e. The van der Waals surface area contributed by atoms with Gasteiger partial charge in [-0.25, -0.2) is 0 Å². The first-order valence-corrected chi connectivity index (χ1v) is 7.69. The highest BCUT2D eigenvalue weighted by atomic mass is 79.9. The van der Waals surface area contributed by atoms with Gasteiger partial charge in [0.15, 0.2) is 0 Å². The minimum atomic E-state index is 0.389. The summed E-state index contributed by atoms with van der Waals surface area (Å²) in [5.74, 6) is 1.93. The average Bonchev–Trinajstić information content (AvgIpc) is 2.65. The van der Waals surface area contributed by atoms with Gasteiger partial charge in [-0.2, -0.15) is 9.78 Å². The second-order valence-electron chi connectivity index (χ2n) is 4.58. The Morgan fingerprint density at radius 2 is 1.79 bits per heavy atom. The molecule has 0 unspecified atom stereocenters. The van der Waals surface area contributed by atoms with E-state index in [1.54, 1.807) is 16.4 Å². The fraction of sp³-hybridized carbons (Fsp3) is 0.545. The quantitative estimate of drug-likeness (QED) is 0.795. The van der Waals surface area contributed by atoms with E-state index in [0.717, 1.165) is 21.6 Å². The van der Waals surface area contributed by atoms with E-state index < -0.39 is 0 Å². The molecule has 0 atom stereocenters. The third-order valence-corrected chi connectivity index (χ3v) is 4.79. The maximum Gasteiger partial charge on any atom is 0.289 e. The maximum absolute atomic E-state index is 4.34. The lowest BCUT2D eigenvalue weighted by Gasteiger charge is -2.03. The monoisotopic (exact) mass is 342 g/mol. The lowest BCUT2D eigenvalue weighted by molar-refractivity contribution is 0.660. The molecule has 0 spiro atoms. The summed E-state index contributed by atoms with van der Waals surface area (Å²) in [7, 11) is 0. The van der Waals surface area contributed by atoms with Crippen LogP contribution in [0.1, 0.15) is 25.2 Å². The van der Waals surface area contributed by atoms with Gasteiger partial charge in [-0.15, -0.1) is 20.4 Å². The van der Waals surface area contributed by atoms with Crippen molar-refractivity contribution in [3.63, 3.8) is 0 Å². The molecular weight excluding hydrogens is 328 g/mol. The molecule has 0 radical (unpaired) electrons. The van der Waals surface area contributed by atoms with Crippen molar-refractivity contribution >= 4 is 27.7 Å². The molecule has 0 bridgehead atoms. The zero-order valence-corrected chi connectivity index (χ0v) is 13.7. The Balaban J connectivity index is 2.20. The van der Waals surface area contributed by atoms with Crippen molar-refractivity contribution in [1.82, 2.24) is 30.2 Å². The van der Waals surface area contributed by atoms with Crippen molar-refractivity contribution < 1.29 is 0 Å². The standard InChI is InChI=1S/C11H15BrN6S/c1-6(2)5-19-11-15-13-10(14-16-11)18-8(4)9(12)7(3)17-18/h6H,5H2,1-4H3. The van der Waals surface area contributed by atoms with Crippen LogP contribution in [0.2, 0.25) is 0 Å². The van der Waals surface area contributed by atoms with Crippen LogP contribution in [0.3, 0.4) is 0 Å². The molecular formula is C11H15BrN6S. The molecule has 0 N–H and O–H groups in total. The fourth-order valence-electron chi connectivity index (χ4n) is 1.42. The normalized spacial score (nSPS) is 11.3. The van der Waals surface area contributed by atoms with Crippen LogP contribution in [0.5, 0.6) is 0 Å². The highest BCUT2D eigenvalue weighted by Crippen LogP contribution is 2.21. The van der Waals surface area contributed by atoms with Crippen molar-refractivity contribution in [2.75, 3.05) is 5.75 Å². The second-order valence-corrected chi connectivity index (χ2v) is 6.36. The Labute approximate surface area is 124 Å². The average molecular weight is 343 g/mol. The number of hydrogen-bond donors (Lipinski definition) is 0. The van der Waals surface area contributed by atoms with E-state index in [1.807, 2.05) is 13.8 Å². The molecule has 0 saturated heterocycles. The molecule has 102 valence electrons. The number of aromatic nitrogens is 6. The predicted octanol–water partition coefficient (Wildman–Crippen LogP) is 2.58. The molecule has 2 aromatic rings. The van der Waals surface area contributed by atoms with Crippen LogP contribution in [0.15, 0.2) is 9.63 Å². The first-order valence-electron chi connectivity index (χ1n) is 5.91. The molecule has 0 aliphatic carbocycles. The van der Waals surface area contributed by atoms with E-state index in [2.05, 4.69) is 55.3 Å². The van der Waals surface area contributed by atoms with Crippen LogP contribution in [0.4, 0.5) is 0 Å². The van der Waals surface area contributed by atoms with Gasteiger partial charge in [0.25, 0.3) is 5.95 Å². The van der Waals surface area contributed by atoms with E-state index in [-0.39, 0.29) is 0 Å². The molecule has 0 saturated carbocycles. The van der Waals surface area contributed by atoms with Crippen LogP contribution >= 0.6 is 27.7 Å². The highest BCUT2D eigenvalue weighted by Gasteiger charge is 2.13. The number of hydrogen-bond acceptors (Lipinski definition) is 6. The van der Waals surface area contributed by atoms with Crippen molar-refractivity contribution in [2.24, 2.45) is 5.92 Å². The van der Waals surface area contributed by atoms with Gasteiger partial charge in [-0.1, -0.05) is 25.6 Å². The summed E-state index contributed by atoms with van der Waals surface area (Å²) < 4.78 is 2.59. The molecule has 2 heterocycles. The predicted molar refractivity (Wildman–Crippen MR) is 77.5 cm³/mol. The Morgan fingerprint density at radius 1 is 1.16 bits per heavy atom. The van der Waals surface area contributed by atoms with E-state index in [1.165, 1.54) is 0 Å². The molecule has 2 rings (SSSR count). The Hall–Kier alpha value is -1.02. The minimum absolute atomic E-state index is 0.389. The summed E-state index contributed by atoms with van der Waals surface area (Å²) in [5, 5.41) is 21.2. The SMILES string of the molecule is Cc1nn(-c2nnc(SCC(C)C)nn2)c(C)c1Br. The largest absolute Gasteiger partial charge is 0.289 e. The molecule has 0 amide bonds. The highest BCUT2D eigenvalue weighted by molar-refractivity contribution is 9.10. The molecule has 2 aromatic heterocycles. The summed E-state index contributed by atoms with van der Waals surface area (Å²) in [6, 6.07) is 0. The smallest absolute Gasteiger partial charge is 0.199 e. The molecule has 0 aromatic carbocycles. The van der Waals surface area contributed by atoms with Gasteiger partial charge in [-0.3, -0.25) is 0 Å². The zero-order valence-electron chi connectivity index (χ0n) is 11.3. The molecule has 0 aliphatic heterocycles. The molecule has 0 aliphatic rings. The summed E-state index contributed by atoms with van der Waals surface area (Å²) in [6.45, 7) is 8.15. The molecule has 8 heteroatoms. The third-order valence-electron chi connectivity index (χ3n) is 2.39. The number of aryl methyl sites for hydroxylation is 1. The van der Waals surface area contributed by atoms with Crippen LogP contribution < -0.4 is 0 Å². The van der Waals surface area contributed by atoms with Gasteiger partial charge in [0.1, 0.15) is 0 Å². The van der Waals surface area contributed by atoms with Gasteiger partial charge in [0.05, 0.1) is 15.9 Å². The van der Waals surface area contributed by atoms with Crippen molar-refractivity contribution in [1.29, 1.82) is 0 Å². The van der Waals surface area contributed by atoms with Crippen LogP contribution in [0, 0.1) is 19.8 Å². The van der Waals surface area contributed by atoms with E-state index >= 15 is 0 Å². The van der Waals surface area contributed by atoms with Gasteiger partial charge >= 0.3 is 0 Å². The summed E-state index contributed by atoms with van der Waals surface area (Å²) in [6.07, 6.45) is 0. The molecule has 0 fully saturated rings. The van der Waals surface area contributed by atoms with Crippen LogP contribution in [-0.4, -0.2) is 35.9 Å². The molecule has 19 heavy (non-hydrogen) atoms. The third kappa shape index (κ3) is 3.30. The summed E-state index contributed by atoms with van der Waals surface area (Å²) >= 11 is 5.03. The summed E-state index contributed by atoms with van der Waals surface area (Å²) in [5.41, 5.74) is 1.82. The number of halogens is 1. The van der Waals surface area contributed by atoms with Gasteiger partial charge in [0, 0.05) is 5.75 Å². The lowest BCUT2D eigenvalue weighted by atomic mass is 10.3. The number of thioether (sulfide) groups is 1. The van der Waals surface area contributed by atoms with Gasteiger partial charge in [-0.05, 0) is 35.7 Å². The van der Waals surface area contributed by atoms with Crippen LogP contribution in [-0.2, 0) is 0 Å². The Bertz CT molecular complexity index is 565. The van der Waals surface area contributed by atoms with Crippen molar-refractivity contribution in [3.05, 3.63) is 15.9 Å². The van der Waals surface area contributed by atoms with Gasteiger partial charge in [0.2, 0.25) is 5.16 Å². The van der Waals surface area contributed by atoms with Crippen LogP contribution in [0.25, 0.3) is 5.95 Å². The molecule has 6 nitrogen and oxygen atoms in total. The van der Waals surface area contributed by atoms with E-state index in [0.29, 0.717) is 17.0 Å². The second kappa shape index (κ2) is 5.96. The first kappa shape index (κ1) is 14.4. The zero-order chi connectivity index (χ0) is 14.0. The Morgan fingerprint density at radius 3 is 2.26 bits per heavy atom. The van der Waals surface area contributed by atoms with E-state index in [4.69, 9.17) is 0 Å². The van der Waals surface area contributed by atoms with Gasteiger partial charge < -0.3 is 0 Å². The van der Waals surface area contributed by atoms with Crippen molar-refractivity contribution in [3.8, 4) is 5.95 Å². The number of nitrogens with zero attached hydrogens (tertiary/aromatic N) is 6. The van der Waals surface area contributed by atoms with E-state index in [9.17, 15) is 0 Å². The topological polar surface area (TPSA) is 69.4 Å². The number of rotatable bonds is 4. The maximum atomic E-state index is 4.34. The first-order chi connectivity index (χ1) is 8.99. The van der Waals surface area contributed by atoms with Crippen molar-refractivity contribution in [2.45, 2.75) is 32.9 Å². The lowest BCUT2D eigenvalue weighted by Crippen LogP contribution is -2.09. The Kier molecular flexibility index (Phi) is 4.51.